The summed E-state index contributed by atoms with van der Waals surface area (Å²) in [5, 5.41) is 3.29. The Kier molecular flexibility index (Phi) is 10.8. The van der Waals surface area contributed by atoms with Crippen LogP contribution >= 0.6 is 11.6 Å². The number of benzene rings is 4. The van der Waals surface area contributed by atoms with Gasteiger partial charge in [0.15, 0.2) is 0 Å². The van der Waals surface area contributed by atoms with Gasteiger partial charge in [-0.1, -0.05) is 95.5 Å². The van der Waals surface area contributed by atoms with E-state index in [0.29, 0.717) is 5.02 Å². The Hall–Kier alpha value is -4.14. The third kappa shape index (κ3) is 8.49. The predicted molar refractivity (Wildman–Crippen MR) is 176 cm³/mol. The summed E-state index contributed by atoms with van der Waals surface area (Å²) in [6.45, 7) is 7.13. The van der Waals surface area contributed by atoms with Crippen LogP contribution in [0.4, 0.5) is 5.69 Å². The van der Waals surface area contributed by atoms with Gasteiger partial charge < -0.3 is 10.2 Å². The fourth-order valence-electron chi connectivity index (χ4n) is 4.82. The van der Waals surface area contributed by atoms with E-state index in [1.807, 2.05) is 82.3 Å². The van der Waals surface area contributed by atoms with Gasteiger partial charge in [-0.25, -0.2) is 8.42 Å². The van der Waals surface area contributed by atoms with Crippen LogP contribution in [0.15, 0.2) is 108 Å². The van der Waals surface area contributed by atoms with Crippen molar-refractivity contribution in [1.82, 2.24) is 10.2 Å². The van der Waals surface area contributed by atoms with Crippen LogP contribution < -0.4 is 9.62 Å². The number of rotatable bonds is 12. The van der Waals surface area contributed by atoms with Gasteiger partial charge in [-0.2, -0.15) is 0 Å². The maximum atomic E-state index is 14.4. The van der Waals surface area contributed by atoms with Gasteiger partial charge in [0.1, 0.15) is 12.6 Å². The highest BCUT2D eigenvalue weighted by Gasteiger charge is 2.34. The highest BCUT2D eigenvalue weighted by molar-refractivity contribution is 7.92. The Morgan fingerprint density at radius 2 is 1.41 bits per heavy atom. The Morgan fingerprint density at radius 3 is 2.00 bits per heavy atom. The van der Waals surface area contributed by atoms with Gasteiger partial charge in [0, 0.05) is 24.0 Å². The van der Waals surface area contributed by atoms with Gasteiger partial charge in [0.2, 0.25) is 11.8 Å². The molecule has 4 rings (SSSR count). The molecule has 0 aliphatic carbocycles. The molecule has 0 aliphatic heterocycles. The van der Waals surface area contributed by atoms with Crippen molar-refractivity contribution in [3.05, 3.63) is 130 Å². The smallest absolute Gasteiger partial charge is 0.264 e. The van der Waals surface area contributed by atoms with Gasteiger partial charge >= 0.3 is 0 Å². The molecule has 0 heterocycles. The summed E-state index contributed by atoms with van der Waals surface area (Å²) in [5.74, 6) is -0.846. The van der Waals surface area contributed by atoms with Gasteiger partial charge in [0.05, 0.1) is 10.6 Å². The summed E-state index contributed by atoms with van der Waals surface area (Å²) in [5.41, 5.74) is 3.89. The first kappa shape index (κ1) is 32.8. The number of aryl methyl sites for hydroxylation is 2. The minimum atomic E-state index is -4.19. The molecule has 2 amide bonds. The zero-order valence-electron chi connectivity index (χ0n) is 25.4. The quantitative estimate of drug-likeness (QED) is 0.198. The van der Waals surface area contributed by atoms with Crippen molar-refractivity contribution in [2.45, 2.75) is 57.6 Å². The normalized spacial score (nSPS) is 12.0. The van der Waals surface area contributed by atoms with Crippen molar-refractivity contribution >= 4 is 39.1 Å². The topological polar surface area (TPSA) is 86.8 Å². The second-order valence-electron chi connectivity index (χ2n) is 11.2. The molecule has 0 saturated heterocycles. The molecule has 0 radical (unpaired) electrons. The zero-order valence-corrected chi connectivity index (χ0v) is 27.0. The van der Waals surface area contributed by atoms with Crippen molar-refractivity contribution < 1.29 is 18.0 Å². The maximum Gasteiger partial charge on any atom is 0.264 e. The summed E-state index contributed by atoms with van der Waals surface area (Å²) in [4.78, 5) is 29.7. The molecule has 4 aromatic rings. The number of hydrogen-bond donors (Lipinski definition) is 1. The lowest BCUT2D eigenvalue weighted by Gasteiger charge is -2.34. The van der Waals surface area contributed by atoms with Gasteiger partial charge in [-0.05, 0) is 69.2 Å². The first-order chi connectivity index (χ1) is 20.9. The summed E-state index contributed by atoms with van der Waals surface area (Å²) in [7, 11) is -4.19. The molecule has 44 heavy (non-hydrogen) atoms. The number of halogens is 1. The molecular formula is C35H38ClN3O4S. The number of hydrogen-bond acceptors (Lipinski definition) is 4. The highest BCUT2D eigenvalue weighted by Crippen LogP contribution is 2.27. The molecule has 4 aromatic carbocycles. The van der Waals surface area contributed by atoms with Crippen molar-refractivity contribution in [2.24, 2.45) is 0 Å². The van der Waals surface area contributed by atoms with Gasteiger partial charge in [0.25, 0.3) is 10.0 Å². The van der Waals surface area contributed by atoms with Crippen LogP contribution in [-0.4, -0.2) is 43.8 Å². The molecule has 0 unspecified atom stereocenters. The number of nitrogens with zero attached hydrogens (tertiary/aromatic N) is 2. The van der Waals surface area contributed by atoms with Crippen molar-refractivity contribution in [2.75, 3.05) is 10.8 Å². The molecule has 230 valence electrons. The van der Waals surface area contributed by atoms with Crippen molar-refractivity contribution in [1.29, 1.82) is 0 Å². The van der Waals surface area contributed by atoms with E-state index in [0.717, 1.165) is 26.6 Å². The average molecular weight is 632 g/mol. The zero-order chi connectivity index (χ0) is 31.9. The fraction of sp³-hybridized carbons (Fsp3) is 0.257. The lowest BCUT2D eigenvalue weighted by atomic mass is 10.0. The van der Waals surface area contributed by atoms with E-state index in [1.54, 1.807) is 30.3 Å². The molecule has 0 aromatic heterocycles. The minimum absolute atomic E-state index is 0.0411. The molecule has 1 atom stereocenters. The van der Waals surface area contributed by atoms with Crippen LogP contribution in [0.25, 0.3) is 0 Å². The number of sulfonamides is 1. The third-order valence-corrected chi connectivity index (χ3v) is 9.18. The van der Waals surface area contributed by atoms with E-state index in [-0.39, 0.29) is 35.5 Å². The van der Waals surface area contributed by atoms with E-state index in [1.165, 1.54) is 23.1 Å². The Balaban J connectivity index is 1.80. The number of carbonyl (C=O) groups is 2. The summed E-state index contributed by atoms with van der Waals surface area (Å²) >= 11 is 6.29. The van der Waals surface area contributed by atoms with E-state index in [2.05, 4.69) is 5.32 Å². The van der Waals surface area contributed by atoms with E-state index >= 15 is 0 Å². The average Bonchev–Trinajstić information content (AvgIpc) is 2.98. The molecule has 9 heteroatoms. The number of amides is 2. The Bertz CT molecular complexity index is 1680. The lowest BCUT2D eigenvalue weighted by Crippen LogP contribution is -2.54. The second kappa shape index (κ2) is 14.6. The van der Waals surface area contributed by atoms with Crippen LogP contribution in [0.5, 0.6) is 0 Å². The maximum absolute atomic E-state index is 14.4. The molecule has 0 aliphatic rings. The predicted octanol–water partition coefficient (Wildman–Crippen LogP) is 6.32. The van der Waals surface area contributed by atoms with Gasteiger partial charge in [-0.15, -0.1) is 0 Å². The standard InChI is InChI=1S/C35H38ClN3O4S/c1-25(2)37-35(41)33(21-28-9-6-5-7-10-28)38(23-29-17-13-26(3)14-18-29)34(40)24-39(31-12-8-11-30(36)22-31)44(42,43)32-19-15-27(4)16-20-32/h5-20,22,25,33H,21,23-24H2,1-4H3,(H,37,41)/t33-/m0/s1. The monoisotopic (exact) mass is 631 g/mol. The Morgan fingerprint density at radius 1 is 0.795 bits per heavy atom. The first-order valence-corrected chi connectivity index (χ1v) is 16.3. The lowest BCUT2D eigenvalue weighted by molar-refractivity contribution is -0.140. The molecule has 0 bridgehead atoms. The highest BCUT2D eigenvalue weighted by atomic mass is 35.5. The summed E-state index contributed by atoms with van der Waals surface area (Å²) in [6, 6.07) is 28.9. The van der Waals surface area contributed by atoms with Crippen molar-refractivity contribution in [3.63, 3.8) is 0 Å². The van der Waals surface area contributed by atoms with E-state index < -0.39 is 28.5 Å². The molecule has 1 N–H and O–H groups in total. The molecule has 0 spiro atoms. The number of anilines is 1. The van der Waals surface area contributed by atoms with Crippen LogP contribution in [0.2, 0.25) is 5.02 Å². The van der Waals surface area contributed by atoms with Crippen molar-refractivity contribution in [3.8, 4) is 0 Å². The van der Waals surface area contributed by atoms with Crippen LogP contribution in [0.3, 0.4) is 0 Å². The summed E-state index contributed by atoms with van der Waals surface area (Å²) < 4.78 is 29.2. The van der Waals surface area contributed by atoms with E-state index in [4.69, 9.17) is 11.6 Å². The van der Waals surface area contributed by atoms with E-state index in [9.17, 15) is 18.0 Å². The SMILES string of the molecule is Cc1ccc(CN(C(=O)CN(c2cccc(Cl)c2)S(=O)(=O)c2ccc(C)cc2)[C@@H](Cc2ccccc2)C(=O)NC(C)C)cc1. The second-order valence-corrected chi connectivity index (χ2v) is 13.5. The van der Waals surface area contributed by atoms with Crippen LogP contribution in [0, 0.1) is 13.8 Å². The number of nitrogens with one attached hydrogen (secondary N) is 1. The van der Waals surface area contributed by atoms with Crippen LogP contribution in [0.1, 0.15) is 36.1 Å². The molecular weight excluding hydrogens is 594 g/mol. The molecule has 0 fully saturated rings. The first-order valence-electron chi connectivity index (χ1n) is 14.5. The van der Waals surface area contributed by atoms with Crippen LogP contribution in [-0.2, 0) is 32.6 Å². The largest absolute Gasteiger partial charge is 0.352 e. The molecule has 7 nitrogen and oxygen atoms in total. The van der Waals surface area contributed by atoms with Gasteiger partial charge in [-0.3, -0.25) is 13.9 Å². The minimum Gasteiger partial charge on any atom is -0.352 e. The summed E-state index contributed by atoms with van der Waals surface area (Å²) in [6.07, 6.45) is 0.249. The third-order valence-electron chi connectivity index (χ3n) is 7.16. The Labute approximate surface area is 265 Å². The fourth-order valence-corrected chi connectivity index (χ4v) is 6.41. The number of carbonyl (C=O) groups excluding carboxylic acids is 2. The molecule has 0 saturated carbocycles.